The molecule has 2 aromatic carbocycles. The van der Waals surface area contributed by atoms with E-state index >= 15 is 0 Å². The molecule has 0 saturated heterocycles. The second-order valence-electron chi connectivity index (χ2n) is 4.79. The van der Waals surface area contributed by atoms with Crippen LogP contribution >= 0.6 is 15.9 Å². The Kier molecular flexibility index (Phi) is 3.10. The van der Waals surface area contributed by atoms with Gasteiger partial charge in [0.1, 0.15) is 0 Å². The normalized spacial score (nSPS) is 10.9. The topological polar surface area (TPSA) is 58.9 Å². The van der Waals surface area contributed by atoms with E-state index in [0.717, 1.165) is 20.9 Å². The van der Waals surface area contributed by atoms with E-state index < -0.39 is 0 Å². The molecule has 0 unspecified atom stereocenters. The van der Waals surface area contributed by atoms with Crippen LogP contribution in [-0.4, -0.2) is 10.8 Å². The molecule has 3 rings (SSSR count). The number of hydrogen-bond acceptors (Lipinski definition) is 2. The molecule has 1 aromatic heterocycles. The Bertz CT molecular complexity index is 820. The van der Waals surface area contributed by atoms with E-state index in [1.54, 1.807) is 12.3 Å². The first-order chi connectivity index (χ1) is 9.56. The van der Waals surface area contributed by atoms with Crippen LogP contribution in [0.4, 0.5) is 5.69 Å². The number of anilines is 1. The van der Waals surface area contributed by atoms with Gasteiger partial charge in [0.05, 0.1) is 0 Å². The lowest BCUT2D eigenvalue weighted by atomic mass is 10.0. The van der Waals surface area contributed by atoms with Crippen LogP contribution in [0.5, 0.6) is 0 Å². The fourth-order valence-corrected chi connectivity index (χ4v) is 2.58. The second kappa shape index (κ2) is 4.80. The van der Waals surface area contributed by atoms with Gasteiger partial charge in [0.25, 0.3) is 0 Å². The van der Waals surface area contributed by atoms with Gasteiger partial charge in [-0.25, -0.2) is 0 Å². The fourth-order valence-electron chi connectivity index (χ4n) is 2.22. The number of aryl methyl sites for hydroxylation is 1. The smallest absolute Gasteiger partial charge is 0.195 e. The molecule has 0 amide bonds. The lowest BCUT2D eigenvalue weighted by Gasteiger charge is -2.04. The molecule has 0 saturated carbocycles. The maximum atomic E-state index is 12.6. The highest BCUT2D eigenvalue weighted by Gasteiger charge is 2.14. The largest absolute Gasteiger partial charge is 0.398 e. The zero-order valence-electron chi connectivity index (χ0n) is 10.9. The minimum atomic E-state index is -0.0229. The highest BCUT2D eigenvalue weighted by Crippen LogP contribution is 2.25. The summed E-state index contributed by atoms with van der Waals surface area (Å²) in [5.41, 5.74) is 9.70. The lowest BCUT2D eigenvalue weighted by molar-refractivity contribution is 0.104. The van der Waals surface area contributed by atoms with Crippen molar-refractivity contribution in [2.45, 2.75) is 6.92 Å². The van der Waals surface area contributed by atoms with Gasteiger partial charge < -0.3 is 10.7 Å². The molecule has 0 bridgehead atoms. The van der Waals surface area contributed by atoms with Crippen LogP contribution in [0.15, 0.2) is 47.1 Å². The van der Waals surface area contributed by atoms with Gasteiger partial charge in [-0.05, 0) is 30.7 Å². The van der Waals surface area contributed by atoms with Crippen LogP contribution in [0.2, 0.25) is 0 Å². The van der Waals surface area contributed by atoms with Crippen LogP contribution in [-0.2, 0) is 0 Å². The lowest BCUT2D eigenvalue weighted by Crippen LogP contribution is -2.02. The van der Waals surface area contributed by atoms with E-state index in [9.17, 15) is 4.79 Å². The zero-order chi connectivity index (χ0) is 14.3. The molecule has 0 fully saturated rings. The summed E-state index contributed by atoms with van der Waals surface area (Å²) in [5.74, 6) is -0.0229. The molecule has 0 atom stereocenters. The first kappa shape index (κ1) is 12.9. The summed E-state index contributed by atoms with van der Waals surface area (Å²) < 4.78 is 0.977. The average molecular weight is 329 g/mol. The molecule has 0 spiro atoms. The van der Waals surface area contributed by atoms with Crippen molar-refractivity contribution in [2.24, 2.45) is 0 Å². The number of hydrogen-bond donors (Lipinski definition) is 2. The Morgan fingerprint density at radius 3 is 2.75 bits per heavy atom. The van der Waals surface area contributed by atoms with Crippen LogP contribution in [0.1, 0.15) is 21.5 Å². The van der Waals surface area contributed by atoms with E-state index in [1.165, 1.54) is 0 Å². The third kappa shape index (κ3) is 2.12. The van der Waals surface area contributed by atoms with Gasteiger partial charge in [-0.1, -0.05) is 34.1 Å². The molecular weight excluding hydrogens is 316 g/mol. The van der Waals surface area contributed by atoms with E-state index in [-0.39, 0.29) is 5.78 Å². The summed E-state index contributed by atoms with van der Waals surface area (Å²) in [6, 6.07) is 11.2. The van der Waals surface area contributed by atoms with Gasteiger partial charge in [-0.2, -0.15) is 0 Å². The standard InChI is InChI=1S/C16H13BrN2O/c1-9-2-3-10(6-14(9)18)16(20)13-8-19-15-7-11(17)4-5-12(13)15/h2-8,19H,18H2,1H3. The quantitative estimate of drug-likeness (QED) is 0.550. The Morgan fingerprint density at radius 2 is 2.00 bits per heavy atom. The third-order valence-corrected chi connectivity index (χ3v) is 3.92. The SMILES string of the molecule is Cc1ccc(C(=O)c2c[nH]c3cc(Br)ccc23)cc1N. The minimum Gasteiger partial charge on any atom is -0.398 e. The summed E-state index contributed by atoms with van der Waals surface area (Å²) in [5, 5.41) is 0.914. The maximum Gasteiger partial charge on any atom is 0.195 e. The number of benzene rings is 2. The Hall–Kier alpha value is -2.07. The van der Waals surface area contributed by atoms with Gasteiger partial charge >= 0.3 is 0 Å². The molecule has 3 nitrogen and oxygen atoms in total. The van der Waals surface area contributed by atoms with Gasteiger partial charge in [0.2, 0.25) is 0 Å². The van der Waals surface area contributed by atoms with Crippen molar-refractivity contribution in [2.75, 3.05) is 5.73 Å². The highest BCUT2D eigenvalue weighted by molar-refractivity contribution is 9.10. The van der Waals surface area contributed by atoms with Crippen LogP contribution in [0, 0.1) is 6.92 Å². The monoisotopic (exact) mass is 328 g/mol. The molecule has 4 heteroatoms. The number of H-pyrrole nitrogens is 1. The molecule has 20 heavy (non-hydrogen) atoms. The third-order valence-electron chi connectivity index (χ3n) is 3.43. The molecule has 3 N–H and O–H groups in total. The Morgan fingerprint density at radius 1 is 1.20 bits per heavy atom. The maximum absolute atomic E-state index is 12.6. The van der Waals surface area contributed by atoms with Crippen molar-refractivity contribution in [3.63, 3.8) is 0 Å². The number of nitrogen functional groups attached to an aromatic ring is 1. The van der Waals surface area contributed by atoms with Crippen molar-refractivity contribution < 1.29 is 4.79 Å². The summed E-state index contributed by atoms with van der Waals surface area (Å²) in [4.78, 5) is 15.7. The van der Waals surface area contributed by atoms with E-state index in [2.05, 4.69) is 20.9 Å². The molecule has 0 aliphatic rings. The number of aromatic amines is 1. The van der Waals surface area contributed by atoms with E-state index in [0.29, 0.717) is 16.8 Å². The number of rotatable bonds is 2. The molecule has 0 radical (unpaired) electrons. The number of halogens is 1. The molecule has 3 aromatic rings. The second-order valence-corrected chi connectivity index (χ2v) is 5.71. The predicted octanol–water partition coefficient (Wildman–Crippen LogP) is 4.05. The van der Waals surface area contributed by atoms with Gasteiger partial charge in [0, 0.05) is 38.4 Å². The Labute approximate surface area is 124 Å². The van der Waals surface area contributed by atoms with Crippen molar-refractivity contribution in [3.8, 4) is 0 Å². The average Bonchev–Trinajstić information content (AvgIpc) is 2.84. The summed E-state index contributed by atoms with van der Waals surface area (Å²) in [6.45, 7) is 1.92. The predicted molar refractivity (Wildman–Crippen MR) is 85.0 cm³/mol. The first-order valence-corrected chi connectivity index (χ1v) is 7.03. The Balaban J connectivity index is 2.10. The molecule has 1 heterocycles. The number of ketones is 1. The summed E-state index contributed by atoms with van der Waals surface area (Å²) >= 11 is 3.42. The number of nitrogens with two attached hydrogens (primary N) is 1. The zero-order valence-corrected chi connectivity index (χ0v) is 12.5. The summed E-state index contributed by atoms with van der Waals surface area (Å²) in [6.07, 6.45) is 1.75. The number of nitrogens with one attached hydrogen (secondary N) is 1. The first-order valence-electron chi connectivity index (χ1n) is 6.24. The van der Waals surface area contributed by atoms with Crippen LogP contribution < -0.4 is 5.73 Å². The number of aromatic nitrogens is 1. The molecule has 0 aliphatic carbocycles. The van der Waals surface area contributed by atoms with Gasteiger partial charge in [0.15, 0.2) is 5.78 Å². The van der Waals surface area contributed by atoms with Gasteiger partial charge in [-0.15, -0.1) is 0 Å². The molecular formula is C16H13BrN2O. The van der Waals surface area contributed by atoms with Crippen molar-refractivity contribution in [1.29, 1.82) is 0 Å². The van der Waals surface area contributed by atoms with Gasteiger partial charge in [-0.3, -0.25) is 4.79 Å². The van der Waals surface area contributed by atoms with Crippen molar-refractivity contribution >= 4 is 38.3 Å². The van der Waals surface area contributed by atoms with E-state index in [1.807, 2.05) is 37.3 Å². The molecule has 0 aliphatic heterocycles. The highest BCUT2D eigenvalue weighted by atomic mass is 79.9. The van der Waals surface area contributed by atoms with Crippen LogP contribution in [0.25, 0.3) is 10.9 Å². The minimum absolute atomic E-state index is 0.0229. The van der Waals surface area contributed by atoms with Crippen molar-refractivity contribution in [1.82, 2.24) is 4.98 Å². The summed E-state index contributed by atoms with van der Waals surface area (Å²) in [7, 11) is 0. The van der Waals surface area contributed by atoms with E-state index in [4.69, 9.17) is 5.73 Å². The van der Waals surface area contributed by atoms with Crippen molar-refractivity contribution in [3.05, 3.63) is 63.8 Å². The number of carbonyl (C=O) groups is 1. The molecule has 100 valence electrons. The number of fused-ring (bicyclic) bond motifs is 1. The fraction of sp³-hybridized carbons (Fsp3) is 0.0625. The number of carbonyl (C=O) groups excluding carboxylic acids is 1. The van der Waals surface area contributed by atoms with Crippen LogP contribution in [0.3, 0.4) is 0 Å².